The molecule has 2 unspecified atom stereocenters. The fourth-order valence-electron chi connectivity index (χ4n) is 1.52. The van der Waals surface area contributed by atoms with Crippen LogP contribution in [0, 0.1) is 5.92 Å². The lowest BCUT2D eigenvalue weighted by molar-refractivity contribution is -0.143. The van der Waals surface area contributed by atoms with Crippen molar-refractivity contribution in [2.45, 2.75) is 26.8 Å². The molecule has 0 bridgehead atoms. The number of hydrogen-bond donors (Lipinski definition) is 1. The number of carbonyl (C=O) groups excluding carboxylic acids is 1. The van der Waals surface area contributed by atoms with Gasteiger partial charge in [0.2, 0.25) is 5.91 Å². The van der Waals surface area contributed by atoms with Gasteiger partial charge in [0, 0.05) is 20.6 Å². The van der Waals surface area contributed by atoms with E-state index < -0.39 is 11.9 Å². The van der Waals surface area contributed by atoms with Gasteiger partial charge >= 0.3 is 5.97 Å². The minimum absolute atomic E-state index is 0.000520. The zero-order valence-electron chi connectivity index (χ0n) is 10.7. The van der Waals surface area contributed by atoms with Crippen molar-refractivity contribution < 1.29 is 14.7 Å². The molecule has 1 N–H and O–H groups in total. The molecule has 0 radical (unpaired) electrons. The summed E-state index contributed by atoms with van der Waals surface area (Å²) in [7, 11) is 3.40. The molecule has 0 aromatic heterocycles. The Morgan fingerprint density at radius 1 is 1.25 bits per heavy atom. The third-order valence-corrected chi connectivity index (χ3v) is 2.68. The van der Waals surface area contributed by atoms with E-state index in [1.165, 1.54) is 4.90 Å². The second-order valence-corrected chi connectivity index (χ2v) is 4.24. The Morgan fingerprint density at radius 3 is 2.06 bits per heavy atom. The van der Waals surface area contributed by atoms with Crippen LogP contribution in [0.3, 0.4) is 0 Å². The van der Waals surface area contributed by atoms with Crippen molar-refractivity contribution in [3.05, 3.63) is 0 Å². The normalized spacial score (nSPS) is 14.6. The Kier molecular flexibility index (Phi) is 6.03. The predicted octanol–water partition coefficient (Wildman–Crippen LogP) is 0.506. The summed E-state index contributed by atoms with van der Waals surface area (Å²) in [5, 5.41) is 8.83. The SMILES string of the molecule is CCN(CC(C)C(=O)O)C(C)C(=O)N(C)C. The van der Waals surface area contributed by atoms with Crippen LogP contribution in [-0.4, -0.2) is 60.0 Å². The number of amides is 1. The van der Waals surface area contributed by atoms with E-state index in [2.05, 4.69) is 0 Å². The van der Waals surface area contributed by atoms with Crippen LogP contribution >= 0.6 is 0 Å². The molecule has 0 heterocycles. The van der Waals surface area contributed by atoms with Crippen molar-refractivity contribution in [2.75, 3.05) is 27.2 Å². The number of hydrogen-bond acceptors (Lipinski definition) is 3. The van der Waals surface area contributed by atoms with E-state index in [9.17, 15) is 9.59 Å². The first-order valence-electron chi connectivity index (χ1n) is 5.49. The lowest BCUT2D eigenvalue weighted by Gasteiger charge is -2.30. The van der Waals surface area contributed by atoms with E-state index in [1.807, 2.05) is 11.8 Å². The van der Waals surface area contributed by atoms with Gasteiger partial charge in [0.25, 0.3) is 0 Å². The Labute approximate surface area is 97.0 Å². The lowest BCUT2D eigenvalue weighted by atomic mass is 10.1. The molecule has 5 heteroatoms. The van der Waals surface area contributed by atoms with E-state index in [0.29, 0.717) is 13.1 Å². The van der Waals surface area contributed by atoms with Gasteiger partial charge in [-0.05, 0) is 13.5 Å². The van der Waals surface area contributed by atoms with Crippen LogP contribution < -0.4 is 0 Å². The topological polar surface area (TPSA) is 60.9 Å². The number of carboxylic acid groups (broad SMARTS) is 1. The molecule has 0 aromatic carbocycles. The minimum atomic E-state index is -0.831. The number of carbonyl (C=O) groups is 2. The summed E-state index contributed by atoms with van der Waals surface area (Å²) in [5.41, 5.74) is 0. The number of nitrogens with zero attached hydrogens (tertiary/aromatic N) is 2. The second kappa shape index (κ2) is 6.48. The Morgan fingerprint density at radius 2 is 1.75 bits per heavy atom. The molecule has 0 aliphatic carbocycles. The molecule has 0 saturated heterocycles. The molecular weight excluding hydrogens is 208 g/mol. The average molecular weight is 230 g/mol. The fraction of sp³-hybridized carbons (Fsp3) is 0.818. The van der Waals surface area contributed by atoms with Gasteiger partial charge in [0.05, 0.1) is 12.0 Å². The van der Waals surface area contributed by atoms with Crippen molar-refractivity contribution in [1.82, 2.24) is 9.80 Å². The molecule has 2 atom stereocenters. The number of likely N-dealkylation sites (N-methyl/N-ethyl adjacent to an activating group) is 2. The minimum Gasteiger partial charge on any atom is -0.481 e. The summed E-state index contributed by atoms with van der Waals surface area (Å²) in [6.07, 6.45) is 0. The van der Waals surface area contributed by atoms with Crippen molar-refractivity contribution in [3.8, 4) is 0 Å². The zero-order chi connectivity index (χ0) is 12.9. The summed E-state index contributed by atoms with van der Waals surface area (Å²) < 4.78 is 0. The maximum atomic E-state index is 11.7. The molecule has 0 aliphatic heterocycles. The van der Waals surface area contributed by atoms with Gasteiger partial charge in [-0.2, -0.15) is 0 Å². The molecule has 1 amide bonds. The highest BCUT2D eigenvalue weighted by Crippen LogP contribution is 2.06. The van der Waals surface area contributed by atoms with E-state index in [1.54, 1.807) is 27.9 Å². The van der Waals surface area contributed by atoms with Gasteiger partial charge < -0.3 is 10.0 Å². The first-order valence-corrected chi connectivity index (χ1v) is 5.49. The van der Waals surface area contributed by atoms with Crippen LogP contribution in [-0.2, 0) is 9.59 Å². The van der Waals surface area contributed by atoms with Crippen LogP contribution in [0.1, 0.15) is 20.8 Å². The monoisotopic (exact) mass is 230 g/mol. The highest BCUT2D eigenvalue weighted by Gasteiger charge is 2.24. The predicted molar refractivity (Wildman–Crippen MR) is 62.2 cm³/mol. The Hall–Kier alpha value is -1.10. The third kappa shape index (κ3) is 4.18. The highest BCUT2D eigenvalue weighted by atomic mass is 16.4. The van der Waals surface area contributed by atoms with Crippen molar-refractivity contribution >= 4 is 11.9 Å². The van der Waals surface area contributed by atoms with Crippen LogP contribution in [0.4, 0.5) is 0 Å². The molecular formula is C11H22N2O3. The second-order valence-electron chi connectivity index (χ2n) is 4.24. The van der Waals surface area contributed by atoms with E-state index in [-0.39, 0.29) is 11.9 Å². The van der Waals surface area contributed by atoms with Crippen LogP contribution in [0.15, 0.2) is 0 Å². The summed E-state index contributed by atoms with van der Waals surface area (Å²) in [6.45, 7) is 6.44. The van der Waals surface area contributed by atoms with Gasteiger partial charge in [0.15, 0.2) is 0 Å². The standard InChI is InChI=1S/C11H22N2O3/c1-6-13(7-8(2)11(15)16)9(3)10(14)12(4)5/h8-9H,6-7H2,1-5H3,(H,15,16). The third-order valence-electron chi connectivity index (χ3n) is 2.68. The Bertz CT molecular complexity index is 254. The van der Waals surface area contributed by atoms with E-state index in [4.69, 9.17) is 5.11 Å². The van der Waals surface area contributed by atoms with Crippen molar-refractivity contribution in [2.24, 2.45) is 5.92 Å². The molecule has 0 aromatic rings. The smallest absolute Gasteiger partial charge is 0.307 e. The fourth-order valence-corrected chi connectivity index (χ4v) is 1.52. The van der Waals surface area contributed by atoms with Gasteiger partial charge in [0.1, 0.15) is 0 Å². The summed E-state index contributed by atoms with van der Waals surface area (Å²) in [6, 6.07) is -0.276. The van der Waals surface area contributed by atoms with Gasteiger partial charge in [-0.3, -0.25) is 14.5 Å². The largest absolute Gasteiger partial charge is 0.481 e. The summed E-state index contributed by atoms with van der Waals surface area (Å²) in [5.74, 6) is -1.29. The van der Waals surface area contributed by atoms with E-state index in [0.717, 1.165) is 0 Å². The number of aliphatic carboxylic acids is 1. The first kappa shape index (κ1) is 14.9. The quantitative estimate of drug-likeness (QED) is 0.722. The molecule has 0 saturated carbocycles. The molecule has 0 fully saturated rings. The Balaban J connectivity index is 4.49. The van der Waals surface area contributed by atoms with Crippen molar-refractivity contribution in [1.29, 1.82) is 0 Å². The number of rotatable bonds is 6. The maximum absolute atomic E-state index is 11.7. The molecule has 0 aliphatic rings. The average Bonchev–Trinajstić information content (AvgIpc) is 2.22. The molecule has 0 spiro atoms. The van der Waals surface area contributed by atoms with Gasteiger partial charge in [-0.1, -0.05) is 13.8 Å². The number of carboxylic acids is 1. The molecule has 94 valence electrons. The van der Waals surface area contributed by atoms with Gasteiger partial charge in [-0.25, -0.2) is 0 Å². The van der Waals surface area contributed by atoms with Crippen LogP contribution in [0.5, 0.6) is 0 Å². The molecule has 0 rings (SSSR count). The summed E-state index contributed by atoms with van der Waals surface area (Å²) >= 11 is 0. The van der Waals surface area contributed by atoms with E-state index >= 15 is 0 Å². The lowest BCUT2D eigenvalue weighted by Crippen LogP contribution is -2.46. The van der Waals surface area contributed by atoms with Gasteiger partial charge in [-0.15, -0.1) is 0 Å². The van der Waals surface area contributed by atoms with Crippen LogP contribution in [0.25, 0.3) is 0 Å². The summed E-state index contributed by atoms with van der Waals surface area (Å²) in [4.78, 5) is 25.9. The maximum Gasteiger partial charge on any atom is 0.307 e. The molecule has 5 nitrogen and oxygen atoms in total. The van der Waals surface area contributed by atoms with Crippen LogP contribution in [0.2, 0.25) is 0 Å². The molecule has 16 heavy (non-hydrogen) atoms. The first-order chi connectivity index (χ1) is 7.31. The zero-order valence-corrected chi connectivity index (χ0v) is 10.7. The van der Waals surface area contributed by atoms with Crippen molar-refractivity contribution in [3.63, 3.8) is 0 Å². The highest BCUT2D eigenvalue weighted by molar-refractivity contribution is 5.81.